The minimum atomic E-state index is 0.653. The van der Waals surface area contributed by atoms with E-state index in [1.807, 2.05) is 0 Å². The summed E-state index contributed by atoms with van der Waals surface area (Å²) in [4.78, 5) is 0. The fraction of sp³-hybridized carbons (Fsp3) is 0.286. The van der Waals surface area contributed by atoms with Gasteiger partial charge in [0.25, 0.3) is 0 Å². The van der Waals surface area contributed by atoms with Crippen LogP contribution < -0.4 is 5.73 Å². The smallest absolute Gasteiger partial charge is 0.0715 e. The fourth-order valence-corrected chi connectivity index (χ4v) is 2.11. The molecule has 0 saturated carbocycles. The van der Waals surface area contributed by atoms with Gasteiger partial charge in [0.1, 0.15) is 0 Å². The summed E-state index contributed by atoms with van der Waals surface area (Å²) in [6.45, 7) is 1.32. The van der Waals surface area contributed by atoms with Gasteiger partial charge in [0.15, 0.2) is 0 Å². The Bertz CT molecular complexity index is 479. The number of methoxy groups -OCH3 is 1. The normalized spacial score (nSPS) is 10.9. The molecule has 2 aromatic carbocycles. The van der Waals surface area contributed by atoms with E-state index in [4.69, 9.17) is 10.5 Å². The van der Waals surface area contributed by atoms with E-state index in [9.17, 15) is 0 Å². The molecule has 2 heteroatoms. The maximum absolute atomic E-state index is 5.68. The van der Waals surface area contributed by atoms with Gasteiger partial charge in [-0.05, 0) is 34.9 Å². The molecule has 2 rings (SSSR count). The van der Waals surface area contributed by atoms with E-state index >= 15 is 0 Å². The Kier molecular flexibility index (Phi) is 3.54. The van der Waals surface area contributed by atoms with E-state index in [0.717, 1.165) is 6.42 Å². The molecule has 2 N–H and O–H groups in total. The molecular weight excluding hydrogens is 198 g/mol. The van der Waals surface area contributed by atoms with Gasteiger partial charge in [0.05, 0.1) is 6.61 Å². The van der Waals surface area contributed by atoms with Crippen LogP contribution in [-0.4, -0.2) is 13.7 Å². The van der Waals surface area contributed by atoms with Gasteiger partial charge in [-0.15, -0.1) is 0 Å². The highest BCUT2D eigenvalue weighted by molar-refractivity contribution is 5.86. The van der Waals surface area contributed by atoms with Crippen molar-refractivity contribution in [2.75, 3.05) is 13.7 Å². The van der Waals surface area contributed by atoms with Crippen molar-refractivity contribution in [2.45, 2.75) is 13.0 Å². The van der Waals surface area contributed by atoms with Gasteiger partial charge in [-0.25, -0.2) is 0 Å². The minimum absolute atomic E-state index is 0.653. The van der Waals surface area contributed by atoms with Crippen LogP contribution in [0.2, 0.25) is 0 Å². The summed E-state index contributed by atoms with van der Waals surface area (Å²) in [6, 6.07) is 12.7. The Labute approximate surface area is 96.0 Å². The van der Waals surface area contributed by atoms with Crippen molar-refractivity contribution in [3.05, 3.63) is 47.5 Å². The van der Waals surface area contributed by atoms with Gasteiger partial charge in [-0.2, -0.15) is 0 Å². The fourth-order valence-electron chi connectivity index (χ4n) is 2.11. The van der Waals surface area contributed by atoms with E-state index in [0.29, 0.717) is 13.2 Å². The average Bonchev–Trinajstić information content (AvgIpc) is 2.32. The molecule has 84 valence electrons. The molecule has 0 unspecified atom stereocenters. The third kappa shape index (κ3) is 2.08. The number of rotatable bonds is 4. The highest BCUT2D eigenvalue weighted by Crippen LogP contribution is 2.23. The van der Waals surface area contributed by atoms with Crippen molar-refractivity contribution in [1.29, 1.82) is 0 Å². The zero-order valence-electron chi connectivity index (χ0n) is 9.57. The third-order valence-electron chi connectivity index (χ3n) is 2.83. The Morgan fingerprint density at radius 1 is 1.12 bits per heavy atom. The van der Waals surface area contributed by atoms with E-state index in [-0.39, 0.29) is 0 Å². The molecule has 0 heterocycles. The van der Waals surface area contributed by atoms with Gasteiger partial charge in [-0.3, -0.25) is 0 Å². The summed E-state index contributed by atoms with van der Waals surface area (Å²) in [5, 5.41) is 2.56. The second kappa shape index (κ2) is 5.10. The lowest BCUT2D eigenvalue weighted by molar-refractivity contribution is 0.184. The predicted molar refractivity (Wildman–Crippen MR) is 67.4 cm³/mol. The van der Waals surface area contributed by atoms with Gasteiger partial charge in [0, 0.05) is 7.11 Å². The van der Waals surface area contributed by atoms with Crippen molar-refractivity contribution in [3.8, 4) is 0 Å². The molecule has 16 heavy (non-hydrogen) atoms. The van der Waals surface area contributed by atoms with Crippen LogP contribution in [0.5, 0.6) is 0 Å². The largest absolute Gasteiger partial charge is 0.380 e. The van der Waals surface area contributed by atoms with Crippen molar-refractivity contribution < 1.29 is 4.74 Å². The molecule has 0 saturated heterocycles. The molecule has 0 aromatic heterocycles. The van der Waals surface area contributed by atoms with Crippen LogP contribution >= 0.6 is 0 Å². The zero-order valence-corrected chi connectivity index (χ0v) is 9.57. The lowest BCUT2D eigenvalue weighted by atomic mass is 9.97. The summed E-state index contributed by atoms with van der Waals surface area (Å²) >= 11 is 0. The number of nitrogens with two attached hydrogens (primary N) is 1. The molecule has 0 radical (unpaired) electrons. The predicted octanol–water partition coefficient (Wildman–Crippen LogP) is 2.49. The lowest BCUT2D eigenvalue weighted by Gasteiger charge is -2.11. The minimum Gasteiger partial charge on any atom is -0.380 e. The number of hydrogen-bond acceptors (Lipinski definition) is 2. The van der Waals surface area contributed by atoms with Crippen LogP contribution in [0.25, 0.3) is 10.8 Å². The number of ether oxygens (including phenoxy) is 1. The molecular formula is C14H17NO. The van der Waals surface area contributed by atoms with Crippen molar-refractivity contribution in [3.63, 3.8) is 0 Å². The molecule has 0 aliphatic heterocycles. The van der Waals surface area contributed by atoms with Crippen LogP contribution in [0.15, 0.2) is 36.4 Å². The molecule has 0 bridgehead atoms. The van der Waals surface area contributed by atoms with E-state index in [1.165, 1.54) is 21.9 Å². The summed E-state index contributed by atoms with van der Waals surface area (Å²) in [5.41, 5.74) is 8.24. The average molecular weight is 215 g/mol. The van der Waals surface area contributed by atoms with Gasteiger partial charge in [0.2, 0.25) is 0 Å². The Balaban J connectivity index is 2.58. The maximum Gasteiger partial charge on any atom is 0.0715 e. The quantitative estimate of drug-likeness (QED) is 0.850. The molecule has 0 spiro atoms. The van der Waals surface area contributed by atoms with Gasteiger partial charge < -0.3 is 10.5 Å². The molecule has 0 atom stereocenters. The van der Waals surface area contributed by atoms with E-state index in [2.05, 4.69) is 36.4 Å². The van der Waals surface area contributed by atoms with Gasteiger partial charge in [-0.1, -0.05) is 36.4 Å². The maximum atomic E-state index is 5.68. The second-order valence-corrected chi connectivity index (χ2v) is 3.90. The molecule has 0 fully saturated rings. The van der Waals surface area contributed by atoms with E-state index < -0.39 is 0 Å². The van der Waals surface area contributed by atoms with Gasteiger partial charge >= 0.3 is 0 Å². The summed E-state index contributed by atoms with van der Waals surface area (Å²) in [5.74, 6) is 0. The Hall–Kier alpha value is -1.38. The van der Waals surface area contributed by atoms with Crippen molar-refractivity contribution >= 4 is 10.8 Å². The number of fused-ring (bicyclic) bond motifs is 1. The summed E-state index contributed by atoms with van der Waals surface area (Å²) in [6.07, 6.45) is 0.903. The highest BCUT2D eigenvalue weighted by atomic mass is 16.5. The number of benzene rings is 2. The first kappa shape index (κ1) is 11.1. The Morgan fingerprint density at radius 2 is 1.94 bits per heavy atom. The topological polar surface area (TPSA) is 35.2 Å². The van der Waals surface area contributed by atoms with Crippen LogP contribution in [0.1, 0.15) is 11.1 Å². The SMILES string of the molecule is COCc1ccc2ccccc2c1CCN. The van der Waals surface area contributed by atoms with Crippen LogP contribution in [0.4, 0.5) is 0 Å². The summed E-state index contributed by atoms with van der Waals surface area (Å²) in [7, 11) is 1.72. The van der Waals surface area contributed by atoms with E-state index in [1.54, 1.807) is 7.11 Å². The summed E-state index contributed by atoms with van der Waals surface area (Å²) < 4.78 is 5.22. The first-order chi connectivity index (χ1) is 7.86. The van der Waals surface area contributed by atoms with Crippen LogP contribution in [-0.2, 0) is 17.8 Å². The number of hydrogen-bond donors (Lipinski definition) is 1. The molecule has 2 nitrogen and oxygen atoms in total. The monoisotopic (exact) mass is 215 g/mol. The lowest BCUT2D eigenvalue weighted by Crippen LogP contribution is -2.06. The molecule has 0 amide bonds. The Morgan fingerprint density at radius 3 is 2.69 bits per heavy atom. The standard InChI is InChI=1S/C14H17NO/c1-16-10-12-7-6-11-4-2-3-5-13(11)14(12)8-9-15/h2-7H,8-10,15H2,1H3. The first-order valence-corrected chi connectivity index (χ1v) is 5.55. The first-order valence-electron chi connectivity index (χ1n) is 5.55. The molecule has 0 aliphatic carbocycles. The van der Waals surface area contributed by atoms with Crippen molar-refractivity contribution in [1.82, 2.24) is 0 Å². The molecule has 0 aliphatic rings. The van der Waals surface area contributed by atoms with Crippen LogP contribution in [0, 0.1) is 0 Å². The second-order valence-electron chi connectivity index (χ2n) is 3.90. The van der Waals surface area contributed by atoms with Crippen molar-refractivity contribution in [2.24, 2.45) is 5.73 Å². The van der Waals surface area contributed by atoms with Crippen LogP contribution in [0.3, 0.4) is 0 Å². The highest BCUT2D eigenvalue weighted by Gasteiger charge is 2.06. The zero-order chi connectivity index (χ0) is 11.4. The third-order valence-corrected chi connectivity index (χ3v) is 2.83. The molecule has 2 aromatic rings.